The predicted octanol–water partition coefficient (Wildman–Crippen LogP) is 1.48. The van der Waals surface area contributed by atoms with Crippen LogP contribution in [-0.4, -0.2) is 29.3 Å². The molecule has 4 heteroatoms. The summed E-state index contributed by atoms with van der Waals surface area (Å²) < 4.78 is 10.6. The molecule has 2 unspecified atom stereocenters. The molecule has 1 aliphatic carbocycles. The van der Waals surface area contributed by atoms with Gasteiger partial charge in [0.2, 0.25) is 0 Å². The van der Waals surface area contributed by atoms with E-state index < -0.39 is 9.28 Å². The zero-order valence-corrected chi connectivity index (χ0v) is 8.93. The zero-order chi connectivity index (χ0) is 8.27. The van der Waals surface area contributed by atoms with Crippen molar-refractivity contribution in [3.63, 3.8) is 0 Å². The van der Waals surface area contributed by atoms with E-state index >= 15 is 0 Å². The highest BCUT2D eigenvalue weighted by molar-refractivity contribution is 7.80. The third kappa shape index (κ3) is 1.99. The van der Waals surface area contributed by atoms with Crippen LogP contribution in [0.25, 0.3) is 0 Å². The van der Waals surface area contributed by atoms with E-state index in [1.165, 1.54) is 12.8 Å². The van der Waals surface area contributed by atoms with Crippen molar-refractivity contribution >= 4 is 21.9 Å². The lowest BCUT2D eigenvalue weighted by Crippen LogP contribution is -2.38. The van der Waals surface area contributed by atoms with Gasteiger partial charge in [0.05, 0.1) is 0 Å². The third-order valence-corrected chi connectivity index (χ3v) is 5.00. The molecule has 0 aromatic heterocycles. The second kappa shape index (κ2) is 4.50. The first kappa shape index (κ1) is 9.57. The van der Waals surface area contributed by atoms with Crippen molar-refractivity contribution in [2.45, 2.75) is 18.4 Å². The average Bonchev–Trinajstić information content (AvgIpc) is 1.98. The largest absolute Gasteiger partial charge is 0.397 e. The smallest absolute Gasteiger partial charge is 0.387 e. The Hall–Kier alpha value is 0.487. The Balaban J connectivity index is 2.33. The average molecular weight is 191 g/mol. The Kier molecular flexibility index (Phi) is 3.91. The van der Waals surface area contributed by atoms with Gasteiger partial charge in [0.25, 0.3) is 0 Å². The Morgan fingerprint density at radius 2 is 2.00 bits per heavy atom. The normalized spacial score (nSPS) is 30.5. The molecule has 0 amide bonds. The fraction of sp³-hybridized carbons (Fsp3) is 1.00. The molecular weight excluding hydrogens is 176 g/mol. The van der Waals surface area contributed by atoms with Crippen LogP contribution in [0, 0.1) is 5.92 Å². The first-order valence-electron chi connectivity index (χ1n) is 3.89. The molecule has 0 bridgehead atoms. The maximum Gasteiger partial charge on any atom is 0.387 e. The molecule has 65 valence electrons. The molecule has 0 aliphatic heterocycles. The zero-order valence-electron chi connectivity index (χ0n) is 7.04. The van der Waals surface area contributed by atoms with Crippen LogP contribution in [0.4, 0.5) is 0 Å². The van der Waals surface area contributed by atoms with Crippen LogP contribution in [0.2, 0.25) is 5.54 Å². The molecule has 1 rings (SSSR count). The summed E-state index contributed by atoms with van der Waals surface area (Å²) in [4.78, 5) is 0. The summed E-state index contributed by atoms with van der Waals surface area (Å²) in [5.74, 6) is 1.72. The number of hydrogen-bond donors (Lipinski definition) is 1. The van der Waals surface area contributed by atoms with Crippen LogP contribution in [0.5, 0.6) is 0 Å². The molecule has 1 fully saturated rings. The monoisotopic (exact) mass is 191 g/mol. The topological polar surface area (TPSA) is 18.5 Å². The van der Waals surface area contributed by atoms with Gasteiger partial charge in [-0.25, -0.2) is 0 Å². The van der Waals surface area contributed by atoms with Gasteiger partial charge < -0.3 is 8.85 Å². The van der Waals surface area contributed by atoms with E-state index in [0.717, 1.165) is 11.7 Å². The van der Waals surface area contributed by atoms with E-state index in [1.807, 2.05) is 0 Å². The van der Waals surface area contributed by atoms with Crippen molar-refractivity contribution in [3.05, 3.63) is 0 Å². The standard InChI is InChI=1S/C7H15O2SSi/c1-8-11(9-2)7-4-3-6(7)5-10/h6-7,10H,3-5H2,1-2H3. The summed E-state index contributed by atoms with van der Waals surface area (Å²) in [7, 11) is 2.51. The first-order valence-corrected chi connectivity index (χ1v) is 5.91. The molecule has 2 atom stereocenters. The Labute approximate surface area is 75.5 Å². The summed E-state index contributed by atoms with van der Waals surface area (Å²) in [6.45, 7) is 0. The third-order valence-electron chi connectivity index (χ3n) is 2.36. The van der Waals surface area contributed by atoms with Crippen LogP contribution in [0.1, 0.15) is 12.8 Å². The van der Waals surface area contributed by atoms with Crippen LogP contribution >= 0.6 is 12.6 Å². The van der Waals surface area contributed by atoms with Gasteiger partial charge in [-0.3, -0.25) is 0 Å². The van der Waals surface area contributed by atoms with Gasteiger partial charge in [0.1, 0.15) is 0 Å². The number of hydrogen-bond acceptors (Lipinski definition) is 3. The molecule has 0 aromatic rings. The molecule has 0 heterocycles. The first-order chi connectivity index (χ1) is 5.33. The lowest BCUT2D eigenvalue weighted by atomic mass is 9.86. The van der Waals surface area contributed by atoms with Crippen molar-refractivity contribution in [1.82, 2.24) is 0 Å². The number of thiol groups is 1. The van der Waals surface area contributed by atoms with Gasteiger partial charge in [0, 0.05) is 19.8 Å². The van der Waals surface area contributed by atoms with Crippen molar-refractivity contribution in [1.29, 1.82) is 0 Å². The quantitative estimate of drug-likeness (QED) is 0.536. The molecule has 11 heavy (non-hydrogen) atoms. The minimum absolute atomic E-state index is 0.674. The van der Waals surface area contributed by atoms with Gasteiger partial charge in [-0.2, -0.15) is 12.6 Å². The van der Waals surface area contributed by atoms with Gasteiger partial charge in [-0.1, -0.05) is 0 Å². The second-order valence-electron chi connectivity index (χ2n) is 2.85. The highest BCUT2D eigenvalue weighted by Crippen LogP contribution is 2.42. The van der Waals surface area contributed by atoms with Crippen molar-refractivity contribution in [2.24, 2.45) is 5.92 Å². The Bertz CT molecular complexity index is 117. The van der Waals surface area contributed by atoms with Crippen LogP contribution < -0.4 is 0 Å². The minimum atomic E-state index is -0.974. The Morgan fingerprint density at radius 1 is 1.36 bits per heavy atom. The minimum Gasteiger partial charge on any atom is -0.397 e. The van der Waals surface area contributed by atoms with Gasteiger partial charge in [0.15, 0.2) is 0 Å². The van der Waals surface area contributed by atoms with Crippen LogP contribution in [-0.2, 0) is 8.85 Å². The van der Waals surface area contributed by atoms with E-state index in [4.69, 9.17) is 8.85 Å². The summed E-state index contributed by atoms with van der Waals surface area (Å²) in [6, 6.07) is 0. The van der Waals surface area contributed by atoms with Crippen molar-refractivity contribution < 1.29 is 8.85 Å². The lowest BCUT2D eigenvalue weighted by Gasteiger charge is -2.37. The van der Waals surface area contributed by atoms with Gasteiger partial charge in [-0.05, 0) is 24.5 Å². The molecule has 0 N–H and O–H groups in total. The van der Waals surface area contributed by atoms with E-state index in [9.17, 15) is 0 Å². The molecule has 1 saturated carbocycles. The second-order valence-corrected chi connectivity index (χ2v) is 5.42. The summed E-state index contributed by atoms with van der Waals surface area (Å²) in [5, 5.41) is 0. The van der Waals surface area contributed by atoms with Crippen LogP contribution in [0.15, 0.2) is 0 Å². The van der Waals surface area contributed by atoms with Crippen molar-refractivity contribution in [3.8, 4) is 0 Å². The van der Waals surface area contributed by atoms with Gasteiger partial charge in [-0.15, -0.1) is 0 Å². The summed E-state index contributed by atoms with van der Waals surface area (Å²) >= 11 is 4.28. The molecule has 1 radical (unpaired) electrons. The highest BCUT2D eigenvalue weighted by atomic mass is 32.1. The fourth-order valence-electron chi connectivity index (χ4n) is 1.48. The molecular formula is C7H15O2SSi. The summed E-state index contributed by atoms with van der Waals surface area (Å²) in [6.07, 6.45) is 2.57. The SMILES string of the molecule is CO[Si](OC)C1CCC1CS. The van der Waals surface area contributed by atoms with Crippen LogP contribution in [0.3, 0.4) is 0 Å². The van der Waals surface area contributed by atoms with E-state index in [-0.39, 0.29) is 0 Å². The van der Waals surface area contributed by atoms with Crippen molar-refractivity contribution in [2.75, 3.05) is 20.0 Å². The molecule has 0 aromatic carbocycles. The fourth-order valence-corrected chi connectivity index (χ4v) is 3.96. The maximum absolute atomic E-state index is 5.28. The maximum atomic E-state index is 5.28. The summed E-state index contributed by atoms with van der Waals surface area (Å²) in [5.41, 5.74) is 0.674. The van der Waals surface area contributed by atoms with E-state index in [2.05, 4.69) is 12.6 Å². The molecule has 1 aliphatic rings. The predicted molar refractivity (Wildman–Crippen MR) is 50.1 cm³/mol. The van der Waals surface area contributed by atoms with Gasteiger partial charge >= 0.3 is 9.28 Å². The Morgan fingerprint density at radius 3 is 2.27 bits per heavy atom. The molecule has 0 saturated heterocycles. The number of rotatable bonds is 4. The van der Waals surface area contributed by atoms with E-state index in [1.54, 1.807) is 14.2 Å². The molecule has 2 nitrogen and oxygen atoms in total. The van der Waals surface area contributed by atoms with E-state index in [0.29, 0.717) is 5.54 Å². The molecule has 0 spiro atoms. The highest BCUT2D eigenvalue weighted by Gasteiger charge is 2.39. The lowest BCUT2D eigenvalue weighted by molar-refractivity contribution is 0.214.